The highest BCUT2D eigenvalue weighted by Gasteiger charge is 2.16. The summed E-state index contributed by atoms with van der Waals surface area (Å²) in [7, 11) is -3.97. The Labute approximate surface area is 115 Å². The molecule has 0 spiro atoms. The average Bonchev–Trinajstić information content (AvgIpc) is 2.33. The Kier molecular flexibility index (Phi) is 5.58. The number of nitrogens with one attached hydrogen (secondary N) is 1. The summed E-state index contributed by atoms with van der Waals surface area (Å²) in [6.07, 6.45) is 2.85. The molecule has 0 saturated heterocycles. The van der Waals surface area contributed by atoms with Crippen LogP contribution >= 0.6 is 11.8 Å². The van der Waals surface area contributed by atoms with Crippen molar-refractivity contribution in [2.24, 2.45) is 5.14 Å². The molecule has 1 aromatic carbocycles. The molecule has 1 rings (SSSR count). The highest BCUT2D eigenvalue weighted by molar-refractivity contribution is 7.98. The molecule has 1 aromatic rings. The predicted octanol–water partition coefficient (Wildman–Crippen LogP) is 1.41. The lowest BCUT2D eigenvalue weighted by Crippen LogP contribution is -2.13. The monoisotopic (exact) mass is 305 g/mol. The van der Waals surface area contributed by atoms with Crippen LogP contribution in [-0.2, 0) is 10.0 Å². The maximum absolute atomic E-state index is 11.3. The minimum atomic E-state index is -3.97. The van der Waals surface area contributed by atoms with Crippen LogP contribution in [0.4, 0.5) is 11.4 Å². The number of primary sulfonamides is 1. The third-order valence-electron chi connectivity index (χ3n) is 2.29. The van der Waals surface area contributed by atoms with Gasteiger partial charge in [-0.1, -0.05) is 0 Å². The smallest absolute Gasteiger partial charge is 0.272 e. The van der Waals surface area contributed by atoms with Crippen molar-refractivity contribution in [3.05, 3.63) is 28.3 Å². The van der Waals surface area contributed by atoms with Crippen molar-refractivity contribution < 1.29 is 13.3 Å². The van der Waals surface area contributed by atoms with Gasteiger partial charge in [-0.15, -0.1) is 0 Å². The summed E-state index contributed by atoms with van der Waals surface area (Å²) in [5, 5.41) is 18.7. The van der Waals surface area contributed by atoms with Crippen molar-refractivity contribution in [1.82, 2.24) is 0 Å². The van der Waals surface area contributed by atoms with E-state index >= 15 is 0 Å². The van der Waals surface area contributed by atoms with Gasteiger partial charge in [0.25, 0.3) is 5.69 Å². The van der Waals surface area contributed by atoms with E-state index in [1.807, 2.05) is 6.26 Å². The highest BCUT2D eigenvalue weighted by Crippen LogP contribution is 2.23. The van der Waals surface area contributed by atoms with Crippen LogP contribution in [-0.4, -0.2) is 31.9 Å². The molecule has 0 bridgehead atoms. The van der Waals surface area contributed by atoms with Gasteiger partial charge in [0.15, 0.2) is 0 Å². The van der Waals surface area contributed by atoms with E-state index in [-0.39, 0.29) is 10.6 Å². The SMILES string of the molecule is CSCCCNc1cc([N+](=O)[O-])cc(S(N)(=O)=O)c1. The Hall–Kier alpha value is -1.32. The lowest BCUT2D eigenvalue weighted by atomic mass is 10.2. The number of thioether (sulfide) groups is 1. The Morgan fingerprint density at radius 2 is 2.11 bits per heavy atom. The van der Waals surface area contributed by atoms with E-state index in [0.717, 1.165) is 18.2 Å². The van der Waals surface area contributed by atoms with Crippen molar-refractivity contribution in [3.63, 3.8) is 0 Å². The van der Waals surface area contributed by atoms with Crippen LogP contribution in [0.5, 0.6) is 0 Å². The molecular formula is C10H15N3O4S2. The fourth-order valence-electron chi connectivity index (χ4n) is 1.40. The van der Waals surface area contributed by atoms with E-state index in [0.29, 0.717) is 12.2 Å². The summed E-state index contributed by atoms with van der Waals surface area (Å²) in [5.74, 6) is 0.948. The topological polar surface area (TPSA) is 115 Å². The zero-order chi connectivity index (χ0) is 14.5. The molecule has 0 aliphatic heterocycles. The molecule has 0 saturated carbocycles. The van der Waals surface area contributed by atoms with E-state index in [4.69, 9.17) is 5.14 Å². The fourth-order valence-corrected chi connectivity index (χ4v) is 2.41. The van der Waals surface area contributed by atoms with Gasteiger partial charge >= 0.3 is 0 Å². The van der Waals surface area contributed by atoms with E-state index in [1.54, 1.807) is 11.8 Å². The van der Waals surface area contributed by atoms with Gasteiger partial charge in [-0.3, -0.25) is 10.1 Å². The first-order valence-corrected chi connectivity index (χ1v) is 8.33. The van der Waals surface area contributed by atoms with Crippen molar-refractivity contribution >= 4 is 33.2 Å². The van der Waals surface area contributed by atoms with Crippen LogP contribution in [0.1, 0.15) is 6.42 Å². The van der Waals surface area contributed by atoms with Crippen LogP contribution in [0.15, 0.2) is 23.1 Å². The molecular weight excluding hydrogens is 290 g/mol. The summed E-state index contributed by atoms with van der Waals surface area (Å²) >= 11 is 1.69. The van der Waals surface area contributed by atoms with Crippen molar-refractivity contribution in [2.75, 3.05) is 23.9 Å². The molecule has 0 heterocycles. The number of nitro benzene ring substituents is 1. The zero-order valence-corrected chi connectivity index (χ0v) is 12.0. The van der Waals surface area contributed by atoms with Crippen molar-refractivity contribution in [1.29, 1.82) is 0 Å². The van der Waals surface area contributed by atoms with Crippen LogP contribution < -0.4 is 10.5 Å². The standard InChI is InChI=1S/C10H15N3O4S2/c1-18-4-2-3-12-8-5-9(13(14)15)7-10(6-8)19(11,16)17/h5-7,12H,2-4H2,1H3,(H2,11,16,17). The lowest BCUT2D eigenvalue weighted by Gasteiger charge is -2.07. The van der Waals surface area contributed by atoms with Gasteiger partial charge in [0.2, 0.25) is 10.0 Å². The maximum Gasteiger partial charge on any atom is 0.272 e. The van der Waals surface area contributed by atoms with Gasteiger partial charge < -0.3 is 5.32 Å². The normalized spacial score (nSPS) is 11.3. The summed E-state index contributed by atoms with van der Waals surface area (Å²) in [4.78, 5) is 9.83. The minimum Gasteiger partial charge on any atom is -0.385 e. The number of nitrogens with zero attached hydrogens (tertiary/aromatic N) is 1. The van der Waals surface area contributed by atoms with Crippen molar-refractivity contribution in [2.45, 2.75) is 11.3 Å². The maximum atomic E-state index is 11.3. The second-order valence-electron chi connectivity index (χ2n) is 3.79. The Morgan fingerprint density at radius 1 is 1.42 bits per heavy atom. The molecule has 106 valence electrons. The Balaban J connectivity index is 2.97. The van der Waals surface area contributed by atoms with Gasteiger partial charge in [-0.25, -0.2) is 13.6 Å². The average molecular weight is 305 g/mol. The second-order valence-corrected chi connectivity index (χ2v) is 6.34. The molecule has 0 amide bonds. The van der Waals surface area contributed by atoms with Gasteiger partial charge in [-0.2, -0.15) is 11.8 Å². The second kappa shape index (κ2) is 6.73. The van der Waals surface area contributed by atoms with Crippen molar-refractivity contribution in [3.8, 4) is 0 Å². The first kappa shape index (κ1) is 15.7. The zero-order valence-electron chi connectivity index (χ0n) is 10.3. The quantitative estimate of drug-likeness (QED) is 0.447. The van der Waals surface area contributed by atoms with E-state index in [9.17, 15) is 18.5 Å². The third-order valence-corrected chi connectivity index (χ3v) is 3.87. The fraction of sp³-hybridized carbons (Fsp3) is 0.400. The number of benzene rings is 1. The van der Waals surface area contributed by atoms with E-state index in [2.05, 4.69) is 5.32 Å². The molecule has 9 heteroatoms. The molecule has 0 aromatic heterocycles. The van der Waals surface area contributed by atoms with Gasteiger partial charge in [0.1, 0.15) is 0 Å². The van der Waals surface area contributed by atoms with E-state index in [1.165, 1.54) is 12.1 Å². The summed E-state index contributed by atoms with van der Waals surface area (Å²) in [6, 6.07) is 3.53. The molecule has 0 radical (unpaired) electrons. The van der Waals surface area contributed by atoms with Gasteiger partial charge in [-0.05, 0) is 24.5 Å². The number of sulfonamides is 1. The van der Waals surface area contributed by atoms with Crippen LogP contribution in [0.25, 0.3) is 0 Å². The first-order chi connectivity index (χ1) is 8.84. The third kappa shape index (κ3) is 5.05. The summed E-state index contributed by atoms with van der Waals surface area (Å²) in [5.41, 5.74) is 0.0678. The summed E-state index contributed by atoms with van der Waals surface area (Å²) in [6.45, 7) is 0.603. The molecule has 19 heavy (non-hydrogen) atoms. The lowest BCUT2D eigenvalue weighted by molar-refractivity contribution is -0.385. The Morgan fingerprint density at radius 3 is 2.63 bits per heavy atom. The predicted molar refractivity (Wildman–Crippen MR) is 76.0 cm³/mol. The number of hydrogen-bond donors (Lipinski definition) is 2. The van der Waals surface area contributed by atoms with Gasteiger partial charge in [0, 0.05) is 24.4 Å². The summed E-state index contributed by atoms with van der Waals surface area (Å²) < 4.78 is 22.5. The number of nitro groups is 1. The molecule has 0 unspecified atom stereocenters. The molecule has 0 aliphatic carbocycles. The number of non-ortho nitro benzene ring substituents is 1. The van der Waals surface area contributed by atoms with Crippen LogP contribution in [0.2, 0.25) is 0 Å². The molecule has 0 atom stereocenters. The first-order valence-electron chi connectivity index (χ1n) is 5.39. The highest BCUT2D eigenvalue weighted by atomic mass is 32.2. The van der Waals surface area contributed by atoms with Crippen LogP contribution in [0, 0.1) is 10.1 Å². The number of rotatable bonds is 7. The molecule has 0 aliphatic rings. The minimum absolute atomic E-state index is 0.269. The van der Waals surface area contributed by atoms with Gasteiger partial charge in [0.05, 0.1) is 9.82 Å². The van der Waals surface area contributed by atoms with E-state index < -0.39 is 14.9 Å². The Bertz CT molecular complexity index is 560. The largest absolute Gasteiger partial charge is 0.385 e. The molecule has 0 fully saturated rings. The number of nitrogens with two attached hydrogens (primary N) is 1. The van der Waals surface area contributed by atoms with Crippen LogP contribution in [0.3, 0.4) is 0 Å². The molecule has 7 nitrogen and oxygen atoms in total. The molecule has 3 N–H and O–H groups in total. The number of hydrogen-bond acceptors (Lipinski definition) is 6. The number of anilines is 1.